The minimum atomic E-state index is -0.0825. The predicted molar refractivity (Wildman–Crippen MR) is 88.9 cm³/mol. The Balaban J connectivity index is 1.62. The molecule has 122 valence electrons. The Morgan fingerprint density at radius 3 is 3.09 bits per heavy atom. The molecule has 0 aromatic carbocycles. The second-order valence-corrected chi connectivity index (χ2v) is 6.83. The van der Waals surface area contributed by atoms with Crippen LogP contribution >= 0.6 is 11.6 Å². The van der Waals surface area contributed by atoms with E-state index in [0.717, 1.165) is 25.3 Å². The van der Waals surface area contributed by atoms with Crippen LogP contribution in [-0.2, 0) is 11.3 Å². The van der Waals surface area contributed by atoms with Crippen molar-refractivity contribution in [3.05, 3.63) is 45.5 Å². The fraction of sp³-hybridized carbons (Fsp3) is 0.529. The SMILES string of the molecule is O=c1cc(CN2CCOC3CCCCC32)nc2ccc(Cl)cn12. The molecule has 6 heteroatoms. The Hall–Kier alpha value is -1.43. The van der Waals surface area contributed by atoms with E-state index in [4.69, 9.17) is 16.3 Å². The minimum Gasteiger partial charge on any atom is -0.375 e. The van der Waals surface area contributed by atoms with Gasteiger partial charge in [-0.25, -0.2) is 4.98 Å². The van der Waals surface area contributed by atoms with Gasteiger partial charge >= 0.3 is 0 Å². The largest absolute Gasteiger partial charge is 0.375 e. The van der Waals surface area contributed by atoms with Crippen molar-refractivity contribution in [1.29, 1.82) is 0 Å². The molecule has 0 bridgehead atoms. The summed E-state index contributed by atoms with van der Waals surface area (Å²) >= 11 is 5.95. The van der Waals surface area contributed by atoms with Crippen LogP contribution in [-0.4, -0.2) is 39.6 Å². The molecule has 1 saturated carbocycles. The van der Waals surface area contributed by atoms with Crippen molar-refractivity contribution in [3.63, 3.8) is 0 Å². The van der Waals surface area contributed by atoms with Crippen molar-refractivity contribution in [3.8, 4) is 0 Å². The highest BCUT2D eigenvalue weighted by molar-refractivity contribution is 6.30. The molecule has 2 atom stereocenters. The number of aromatic nitrogens is 2. The van der Waals surface area contributed by atoms with E-state index in [9.17, 15) is 4.79 Å². The average Bonchev–Trinajstić information content (AvgIpc) is 2.56. The summed E-state index contributed by atoms with van der Waals surface area (Å²) in [7, 11) is 0. The van der Waals surface area contributed by atoms with Gasteiger partial charge in [0.25, 0.3) is 5.56 Å². The first-order valence-corrected chi connectivity index (χ1v) is 8.62. The van der Waals surface area contributed by atoms with E-state index >= 15 is 0 Å². The lowest BCUT2D eigenvalue weighted by Gasteiger charge is -2.43. The third kappa shape index (κ3) is 3.01. The van der Waals surface area contributed by atoms with Gasteiger partial charge in [0, 0.05) is 31.4 Å². The van der Waals surface area contributed by atoms with Gasteiger partial charge in [-0.05, 0) is 25.0 Å². The maximum Gasteiger partial charge on any atom is 0.258 e. The number of halogens is 1. The minimum absolute atomic E-state index is 0.0825. The molecule has 2 aliphatic rings. The highest BCUT2D eigenvalue weighted by Crippen LogP contribution is 2.29. The fourth-order valence-corrected chi connectivity index (χ4v) is 3.95. The van der Waals surface area contributed by atoms with Crippen LogP contribution in [0.1, 0.15) is 31.4 Å². The lowest BCUT2D eigenvalue weighted by Crippen LogP contribution is -2.52. The molecular weight excluding hydrogens is 314 g/mol. The van der Waals surface area contributed by atoms with Crippen LogP contribution < -0.4 is 5.56 Å². The molecule has 0 N–H and O–H groups in total. The summed E-state index contributed by atoms with van der Waals surface area (Å²) in [5.41, 5.74) is 1.38. The second-order valence-electron chi connectivity index (χ2n) is 6.39. The Morgan fingerprint density at radius 1 is 1.30 bits per heavy atom. The average molecular weight is 334 g/mol. The molecule has 1 aliphatic heterocycles. The molecule has 0 amide bonds. The lowest BCUT2D eigenvalue weighted by atomic mass is 9.90. The molecule has 3 heterocycles. The molecular formula is C17H20ClN3O2. The van der Waals surface area contributed by atoms with Crippen molar-refractivity contribution in [2.24, 2.45) is 0 Å². The van der Waals surface area contributed by atoms with Crippen LogP contribution in [0.2, 0.25) is 5.02 Å². The Labute approximate surface area is 139 Å². The zero-order valence-electron chi connectivity index (χ0n) is 12.9. The van der Waals surface area contributed by atoms with Crippen LogP contribution in [0, 0.1) is 0 Å². The maximum atomic E-state index is 12.3. The normalized spacial score (nSPS) is 25.4. The molecule has 4 rings (SSSR count). The Kier molecular flexibility index (Phi) is 4.09. The van der Waals surface area contributed by atoms with Crippen LogP contribution in [0.5, 0.6) is 0 Å². The zero-order chi connectivity index (χ0) is 15.8. The number of fused-ring (bicyclic) bond motifs is 2. The van der Waals surface area contributed by atoms with Crippen LogP contribution in [0.3, 0.4) is 0 Å². The van der Waals surface area contributed by atoms with Crippen molar-refractivity contribution in [1.82, 2.24) is 14.3 Å². The number of morpholine rings is 1. The molecule has 0 radical (unpaired) electrons. The summed E-state index contributed by atoms with van der Waals surface area (Å²) in [4.78, 5) is 19.4. The van der Waals surface area contributed by atoms with Crippen LogP contribution in [0.25, 0.3) is 5.65 Å². The third-order valence-electron chi connectivity index (χ3n) is 4.89. The molecule has 1 saturated heterocycles. The van der Waals surface area contributed by atoms with Crippen molar-refractivity contribution in [2.75, 3.05) is 13.2 Å². The molecule has 2 aromatic rings. The molecule has 0 spiro atoms. The van der Waals surface area contributed by atoms with Gasteiger partial charge in [-0.2, -0.15) is 0 Å². The van der Waals surface area contributed by atoms with Gasteiger partial charge in [-0.3, -0.25) is 14.1 Å². The molecule has 2 fully saturated rings. The first-order valence-electron chi connectivity index (χ1n) is 8.24. The molecule has 2 unspecified atom stereocenters. The maximum absolute atomic E-state index is 12.3. The number of nitrogens with zero attached hydrogens (tertiary/aromatic N) is 3. The monoisotopic (exact) mass is 333 g/mol. The highest BCUT2D eigenvalue weighted by Gasteiger charge is 2.34. The van der Waals surface area contributed by atoms with Crippen LogP contribution in [0.15, 0.2) is 29.2 Å². The molecule has 5 nitrogen and oxygen atoms in total. The molecule has 2 aromatic heterocycles. The fourth-order valence-electron chi connectivity index (χ4n) is 3.79. The van der Waals surface area contributed by atoms with Crippen LogP contribution in [0.4, 0.5) is 0 Å². The highest BCUT2D eigenvalue weighted by atomic mass is 35.5. The summed E-state index contributed by atoms with van der Waals surface area (Å²) < 4.78 is 7.41. The van der Waals surface area contributed by atoms with E-state index in [0.29, 0.717) is 29.4 Å². The van der Waals surface area contributed by atoms with Gasteiger partial charge in [0.05, 0.1) is 23.4 Å². The van der Waals surface area contributed by atoms with E-state index in [1.54, 1.807) is 24.4 Å². The van der Waals surface area contributed by atoms with Gasteiger partial charge in [-0.1, -0.05) is 24.4 Å². The topological polar surface area (TPSA) is 46.8 Å². The summed E-state index contributed by atoms with van der Waals surface area (Å²) in [6.07, 6.45) is 6.79. The number of rotatable bonds is 2. The van der Waals surface area contributed by atoms with Crippen molar-refractivity contribution < 1.29 is 4.74 Å². The number of hydrogen-bond acceptors (Lipinski definition) is 4. The van der Waals surface area contributed by atoms with Gasteiger partial charge in [0.2, 0.25) is 0 Å². The third-order valence-corrected chi connectivity index (χ3v) is 5.11. The van der Waals surface area contributed by atoms with E-state index in [2.05, 4.69) is 9.88 Å². The zero-order valence-corrected chi connectivity index (χ0v) is 13.7. The predicted octanol–water partition coefficient (Wildman–Crippen LogP) is 2.49. The Morgan fingerprint density at radius 2 is 2.17 bits per heavy atom. The smallest absolute Gasteiger partial charge is 0.258 e. The molecule has 23 heavy (non-hydrogen) atoms. The van der Waals surface area contributed by atoms with Gasteiger partial charge < -0.3 is 4.74 Å². The summed E-state index contributed by atoms with van der Waals surface area (Å²) in [6.45, 7) is 2.38. The van der Waals surface area contributed by atoms with E-state index in [1.165, 1.54) is 23.7 Å². The summed E-state index contributed by atoms with van der Waals surface area (Å²) in [5, 5.41) is 0.535. The number of pyridine rings is 1. The van der Waals surface area contributed by atoms with Gasteiger partial charge in [0.1, 0.15) is 5.65 Å². The van der Waals surface area contributed by atoms with E-state index in [1.807, 2.05) is 0 Å². The van der Waals surface area contributed by atoms with Crippen molar-refractivity contribution >= 4 is 17.2 Å². The van der Waals surface area contributed by atoms with E-state index in [-0.39, 0.29) is 5.56 Å². The number of hydrogen-bond donors (Lipinski definition) is 0. The lowest BCUT2D eigenvalue weighted by molar-refractivity contribution is -0.0914. The standard InChI is InChI=1S/C17H20ClN3O2/c18-12-5-6-16-19-13(9-17(22)21(16)10-12)11-20-7-8-23-15-4-2-1-3-14(15)20/h5-6,9-10,14-15H,1-4,7-8,11H2. The quantitative estimate of drug-likeness (QED) is 0.847. The van der Waals surface area contributed by atoms with Gasteiger partial charge in [-0.15, -0.1) is 0 Å². The molecule has 1 aliphatic carbocycles. The second kappa shape index (κ2) is 6.23. The van der Waals surface area contributed by atoms with E-state index < -0.39 is 0 Å². The first kappa shape index (κ1) is 15.1. The summed E-state index contributed by atoms with van der Waals surface area (Å²) in [5.74, 6) is 0. The van der Waals surface area contributed by atoms with Gasteiger partial charge in [0.15, 0.2) is 0 Å². The number of ether oxygens (including phenoxy) is 1. The van der Waals surface area contributed by atoms with Crippen molar-refractivity contribution in [2.45, 2.75) is 44.4 Å². The summed E-state index contributed by atoms with van der Waals surface area (Å²) in [6, 6.07) is 5.63. The first-order chi connectivity index (χ1) is 11.2. The Bertz CT molecular complexity index is 774.